The first kappa shape index (κ1) is 22.2. The van der Waals surface area contributed by atoms with Gasteiger partial charge >= 0.3 is 0 Å². The zero-order chi connectivity index (χ0) is 21.7. The molecule has 1 aliphatic rings. The average Bonchev–Trinajstić information content (AvgIpc) is 2.73. The number of methoxy groups -OCH3 is 1. The molecule has 0 bridgehead atoms. The fourth-order valence-electron chi connectivity index (χ4n) is 3.83. The van der Waals surface area contributed by atoms with Crippen LogP contribution < -0.4 is 10.1 Å². The molecule has 1 fully saturated rings. The van der Waals surface area contributed by atoms with E-state index in [1.807, 2.05) is 0 Å². The van der Waals surface area contributed by atoms with E-state index in [1.54, 1.807) is 18.2 Å². The van der Waals surface area contributed by atoms with Crippen molar-refractivity contribution in [1.29, 1.82) is 0 Å². The van der Waals surface area contributed by atoms with Crippen LogP contribution in [-0.4, -0.2) is 31.8 Å². The average molecular weight is 435 g/mol. The second-order valence-electron chi connectivity index (χ2n) is 7.52. The minimum atomic E-state index is -3.95. The summed E-state index contributed by atoms with van der Waals surface area (Å²) in [5.41, 5.74) is 1.09. The Kier molecular flexibility index (Phi) is 7.10. The van der Waals surface area contributed by atoms with Gasteiger partial charge in [0.1, 0.15) is 16.5 Å². The van der Waals surface area contributed by atoms with Crippen LogP contribution in [0.5, 0.6) is 5.75 Å². The second kappa shape index (κ2) is 9.57. The Morgan fingerprint density at radius 2 is 1.80 bits per heavy atom. The summed E-state index contributed by atoms with van der Waals surface area (Å²) in [5, 5.41) is 2.62. The van der Waals surface area contributed by atoms with Crippen molar-refractivity contribution < 1.29 is 22.3 Å². The molecule has 2 aromatic carbocycles. The maximum Gasteiger partial charge on any atom is 0.247 e. The molecule has 1 aliphatic carbocycles. The minimum Gasteiger partial charge on any atom is -0.495 e. The number of anilines is 1. The number of nitrogens with one attached hydrogen (secondary N) is 1. The molecular weight excluding hydrogens is 407 g/mol. The Balaban J connectivity index is 2.04. The predicted octanol–water partition coefficient (Wildman–Crippen LogP) is 4.32. The van der Waals surface area contributed by atoms with E-state index in [-0.39, 0.29) is 35.0 Å². The Hall–Kier alpha value is -2.45. The molecular formula is C22H27FN2O4S. The number of hydrogen-bond acceptors (Lipinski definition) is 4. The quantitative estimate of drug-likeness (QED) is 0.704. The highest BCUT2D eigenvalue weighted by Gasteiger charge is 2.34. The van der Waals surface area contributed by atoms with Gasteiger partial charge in [0.05, 0.1) is 7.11 Å². The van der Waals surface area contributed by atoms with Crippen molar-refractivity contribution in [2.45, 2.75) is 56.5 Å². The third-order valence-electron chi connectivity index (χ3n) is 5.30. The van der Waals surface area contributed by atoms with E-state index in [0.29, 0.717) is 11.3 Å². The van der Waals surface area contributed by atoms with Gasteiger partial charge in [-0.25, -0.2) is 12.8 Å². The van der Waals surface area contributed by atoms with Gasteiger partial charge in [0.25, 0.3) is 0 Å². The first-order valence-electron chi connectivity index (χ1n) is 10.0. The number of rotatable bonds is 7. The van der Waals surface area contributed by atoms with E-state index in [0.717, 1.165) is 32.1 Å². The fraction of sp³-hybridized carbons (Fsp3) is 0.409. The Morgan fingerprint density at radius 1 is 1.13 bits per heavy atom. The summed E-state index contributed by atoms with van der Waals surface area (Å²) in [4.78, 5) is 11.4. The lowest BCUT2D eigenvalue weighted by molar-refractivity contribution is -0.114. The number of hydrogen-bond donors (Lipinski definition) is 1. The molecule has 0 unspecified atom stereocenters. The SMILES string of the molecule is COc1ccc(NC(C)=O)cc1S(=O)(=O)N(Cc1ccc(F)cc1)C1CCCCC1. The number of nitrogens with zero attached hydrogens (tertiary/aromatic N) is 1. The monoisotopic (exact) mass is 434 g/mol. The summed E-state index contributed by atoms with van der Waals surface area (Å²) in [5.74, 6) is -0.446. The molecule has 1 amide bonds. The molecule has 0 saturated heterocycles. The van der Waals surface area contributed by atoms with Crippen molar-refractivity contribution >= 4 is 21.6 Å². The lowest BCUT2D eigenvalue weighted by Gasteiger charge is -2.34. The van der Waals surface area contributed by atoms with Gasteiger partial charge in [0.15, 0.2) is 0 Å². The van der Waals surface area contributed by atoms with Crippen molar-refractivity contribution in [3.05, 3.63) is 53.8 Å². The van der Waals surface area contributed by atoms with Gasteiger partial charge in [0.2, 0.25) is 15.9 Å². The Labute approximate surface area is 177 Å². The second-order valence-corrected chi connectivity index (χ2v) is 9.37. The van der Waals surface area contributed by atoms with Crippen LogP contribution >= 0.6 is 0 Å². The molecule has 2 aromatic rings. The molecule has 6 nitrogen and oxygen atoms in total. The van der Waals surface area contributed by atoms with E-state index in [4.69, 9.17) is 4.74 Å². The lowest BCUT2D eigenvalue weighted by atomic mass is 9.95. The van der Waals surface area contributed by atoms with Gasteiger partial charge in [-0.3, -0.25) is 4.79 Å². The van der Waals surface area contributed by atoms with Crippen LogP contribution in [0.3, 0.4) is 0 Å². The molecule has 0 heterocycles. The molecule has 0 atom stereocenters. The number of benzene rings is 2. The Bertz CT molecular complexity index is 987. The van der Waals surface area contributed by atoms with Gasteiger partial charge in [-0.05, 0) is 48.7 Å². The van der Waals surface area contributed by atoms with Crippen molar-refractivity contribution in [1.82, 2.24) is 4.31 Å². The van der Waals surface area contributed by atoms with E-state index in [2.05, 4.69) is 5.32 Å². The van der Waals surface area contributed by atoms with E-state index < -0.39 is 10.0 Å². The lowest BCUT2D eigenvalue weighted by Crippen LogP contribution is -2.41. The highest BCUT2D eigenvalue weighted by atomic mass is 32.2. The van der Waals surface area contributed by atoms with Gasteiger partial charge in [-0.15, -0.1) is 0 Å². The molecule has 0 aromatic heterocycles. The van der Waals surface area contributed by atoms with Gasteiger partial charge < -0.3 is 10.1 Å². The van der Waals surface area contributed by atoms with Crippen LogP contribution in [0, 0.1) is 5.82 Å². The molecule has 1 saturated carbocycles. The summed E-state index contributed by atoms with van der Waals surface area (Å²) in [6.45, 7) is 1.50. The smallest absolute Gasteiger partial charge is 0.247 e. The van der Waals surface area contributed by atoms with Crippen LogP contribution in [-0.2, 0) is 21.4 Å². The normalized spacial score (nSPS) is 15.2. The molecule has 8 heteroatoms. The largest absolute Gasteiger partial charge is 0.495 e. The van der Waals surface area contributed by atoms with Crippen molar-refractivity contribution in [3.63, 3.8) is 0 Å². The minimum absolute atomic E-state index is 0.00364. The number of amides is 1. The van der Waals surface area contributed by atoms with Crippen LogP contribution in [0.4, 0.5) is 10.1 Å². The van der Waals surface area contributed by atoms with E-state index in [9.17, 15) is 17.6 Å². The van der Waals surface area contributed by atoms with Crippen LogP contribution in [0.25, 0.3) is 0 Å². The summed E-state index contributed by atoms with van der Waals surface area (Å²) in [6, 6.07) is 10.3. The van der Waals surface area contributed by atoms with Gasteiger partial charge in [-0.2, -0.15) is 4.31 Å². The molecule has 0 radical (unpaired) electrons. The molecule has 3 rings (SSSR count). The summed E-state index contributed by atoms with van der Waals surface area (Å²) >= 11 is 0. The van der Waals surface area contributed by atoms with Crippen LogP contribution in [0.2, 0.25) is 0 Å². The maximum absolute atomic E-state index is 13.8. The zero-order valence-electron chi connectivity index (χ0n) is 17.2. The number of ether oxygens (including phenoxy) is 1. The van der Waals surface area contributed by atoms with Crippen molar-refractivity contribution in [2.24, 2.45) is 0 Å². The Morgan fingerprint density at radius 3 is 2.40 bits per heavy atom. The first-order valence-corrected chi connectivity index (χ1v) is 11.5. The summed E-state index contributed by atoms with van der Waals surface area (Å²) in [6.07, 6.45) is 4.55. The summed E-state index contributed by atoms with van der Waals surface area (Å²) < 4.78 is 47.7. The third-order valence-corrected chi connectivity index (χ3v) is 7.22. The van der Waals surface area contributed by atoms with E-state index in [1.165, 1.54) is 42.6 Å². The molecule has 162 valence electrons. The molecule has 0 spiro atoms. The van der Waals surface area contributed by atoms with E-state index >= 15 is 0 Å². The van der Waals surface area contributed by atoms with Gasteiger partial charge in [-0.1, -0.05) is 31.4 Å². The van der Waals surface area contributed by atoms with Crippen LogP contribution in [0.1, 0.15) is 44.6 Å². The molecule has 0 aliphatic heterocycles. The molecule has 30 heavy (non-hydrogen) atoms. The highest BCUT2D eigenvalue weighted by Crippen LogP contribution is 2.34. The highest BCUT2D eigenvalue weighted by molar-refractivity contribution is 7.89. The topological polar surface area (TPSA) is 75.7 Å². The summed E-state index contributed by atoms with van der Waals surface area (Å²) in [7, 11) is -2.53. The van der Waals surface area contributed by atoms with Gasteiger partial charge in [0, 0.05) is 25.2 Å². The fourth-order valence-corrected chi connectivity index (χ4v) is 5.69. The number of carbonyl (C=O) groups is 1. The van der Waals surface area contributed by atoms with Crippen LogP contribution in [0.15, 0.2) is 47.4 Å². The zero-order valence-corrected chi connectivity index (χ0v) is 18.0. The molecule has 1 N–H and O–H groups in total. The first-order chi connectivity index (χ1) is 14.3. The predicted molar refractivity (Wildman–Crippen MR) is 113 cm³/mol. The number of carbonyl (C=O) groups excluding carboxylic acids is 1. The van der Waals surface area contributed by atoms with Crippen molar-refractivity contribution in [3.8, 4) is 5.75 Å². The number of sulfonamides is 1. The maximum atomic E-state index is 13.8. The third kappa shape index (κ3) is 5.17. The standard InChI is InChI=1S/C22H27FN2O4S/c1-16(26)24-19-12-13-21(29-2)22(14-19)30(27,28)25(20-6-4-3-5-7-20)15-17-8-10-18(23)11-9-17/h8-14,20H,3-7,15H2,1-2H3,(H,24,26). The number of halogens is 1. The van der Waals surface area contributed by atoms with Crippen molar-refractivity contribution in [2.75, 3.05) is 12.4 Å².